The molecule has 0 spiro atoms. The number of fused-ring (bicyclic) bond motifs is 3. The SMILES string of the molecule is Cc1ccc(NC(=O)N2CCc3c(sc4nc(-c5ccc(Cl)cc5)nn34)C2)cc1. The van der Waals surface area contributed by atoms with Crippen LogP contribution in [0.1, 0.15) is 16.1 Å². The van der Waals surface area contributed by atoms with Crippen molar-refractivity contribution in [3.63, 3.8) is 0 Å². The summed E-state index contributed by atoms with van der Waals surface area (Å²) in [6.45, 7) is 3.24. The number of nitrogens with zero attached hydrogens (tertiary/aromatic N) is 4. The molecule has 2 amide bonds. The third kappa shape index (κ3) is 3.47. The number of benzene rings is 2. The number of aryl methyl sites for hydroxylation is 1. The molecule has 0 bridgehead atoms. The summed E-state index contributed by atoms with van der Waals surface area (Å²) in [6, 6.07) is 15.3. The molecule has 4 aromatic rings. The summed E-state index contributed by atoms with van der Waals surface area (Å²) in [5, 5.41) is 8.35. The van der Waals surface area contributed by atoms with Crippen molar-refractivity contribution in [1.82, 2.24) is 19.5 Å². The Morgan fingerprint density at radius 2 is 1.90 bits per heavy atom. The molecule has 1 aliphatic heterocycles. The maximum atomic E-state index is 12.7. The van der Waals surface area contributed by atoms with Gasteiger partial charge in [0.05, 0.1) is 12.2 Å². The van der Waals surface area contributed by atoms with E-state index in [9.17, 15) is 4.79 Å². The average molecular weight is 424 g/mol. The van der Waals surface area contributed by atoms with Gasteiger partial charge < -0.3 is 10.2 Å². The molecule has 146 valence electrons. The molecule has 0 unspecified atom stereocenters. The number of thiazole rings is 1. The summed E-state index contributed by atoms with van der Waals surface area (Å²) >= 11 is 7.56. The van der Waals surface area contributed by atoms with Crippen LogP contribution in [0.2, 0.25) is 5.02 Å². The number of carbonyl (C=O) groups excluding carboxylic acids is 1. The summed E-state index contributed by atoms with van der Waals surface area (Å²) in [5.74, 6) is 0.690. The molecule has 1 N–H and O–H groups in total. The van der Waals surface area contributed by atoms with Crippen molar-refractivity contribution in [2.24, 2.45) is 0 Å². The van der Waals surface area contributed by atoms with Crippen molar-refractivity contribution in [1.29, 1.82) is 0 Å². The number of urea groups is 1. The van der Waals surface area contributed by atoms with Crippen LogP contribution < -0.4 is 5.32 Å². The Labute approximate surface area is 176 Å². The number of hydrogen-bond donors (Lipinski definition) is 1. The van der Waals surface area contributed by atoms with E-state index in [0.29, 0.717) is 23.9 Å². The fourth-order valence-corrected chi connectivity index (χ4v) is 4.67. The van der Waals surface area contributed by atoms with Crippen LogP contribution in [0.15, 0.2) is 48.5 Å². The van der Waals surface area contributed by atoms with E-state index in [-0.39, 0.29) is 6.03 Å². The fourth-order valence-electron chi connectivity index (χ4n) is 3.42. The Morgan fingerprint density at radius 3 is 2.66 bits per heavy atom. The van der Waals surface area contributed by atoms with E-state index >= 15 is 0 Å². The van der Waals surface area contributed by atoms with E-state index < -0.39 is 0 Å². The van der Waals surface area contributed by atoms with Gasteiger partial charge in [-0.1, -0.05) is 40.6 Å². The van der Waals surface area contributed by atoms with Gasteiger partial charge in [0, 0.05) is 34.1 Å². The van der Waals surface area contributed by atoms with Crippen LogP contribution >= 0.6 is 22.9 Å². The van der Waals surface area contributed by atoms with Crippen LogP contribution in [-0.2, 0) is 13.0 Å². The molecule has 29 heavy (non-hydrogen) atoms. The lowest BCUT2D eigenvalue weighted by molar-refractivity contribution is 0.206. The average Bonchev–Trinajstić information content (AvgIpc) is 3.27. The number of halogens is 1. The maximum Gasteiger partial charge on any atom is 0.322 e. The van der Waals surface area contributed by atoms with E-state index in [1.165, 1.54) is 0 Å². The summed E-state index contributed by atoms with van der Waals surface area (Å²) in [5.41, 5.74) is 4.05. The second-order valence-corrected chi connectivity index (χ2v) is 8.57. The summed E-state index contributed by atoms with van der Waals surface area (Å²) < 4.78 is 1.92. The number of carbonyl (C=O) groups is 1. The molecule has 8 heteroatoms. The molecule has 1 aliphatic rings. The number of hydrogen-bond acceptors (Lipinski definition) is 4. The van der Waals surface area contributed by atoms with Crippen LogP contribution in [0.5, 0.6) is 0 Å². The minimum absolute atomic E-state index is 0.0830. The zero-order chi connectivity index (χ0) is 20.0. The monoisotopic (exact) mass is 423 g/mol. The number of amides is 2. The lowest BCUT2D eigenvalue weighted by Crippen LogP contribution is -2.38. The second kappa shape index (κ2) is 7.17. The van der Waals surface area contributed by atoms with Gasteiger partial charge in [0.25, 0.3) is 0 Å². The molecular formula is C21H18ClN5OS. The van der Waals surface area contributed by atoms with Crippen molar-refractivity contribution < 1.29 is 4.79 Å². The number of rotatable bonds is 2. The highest BCUT2D eigenvalue weighted by Gasteiger charge is 2.26. The predicted molar refractivity (Wildman–Crippen MR) is 116 cm³/mol. The predicted octanol–water partition coefficient (Wildman–Crippen LogP) is 5.01. The summed E-state index contributed by atoms with van der Waals surface area (Å²) in [7, 11) is 0. The Bertz CT molecular complexity index is 1200. The van der Waals surface area contributed by atoms with Crippen LogP contribution in [0.25, 0.3) is 16.3 Å². The van der Waals surface area contributed by atoms with Gasteiger partial charge in [0.1, 0.15) is 0 Å². The van der Waals surface area contributed by atoms with E-state index in [4.69, 9.17) is 11.6 Å². The standard InChI is InChI=1S/C21H18ClN5OS/c1-13-2-8-16(9-3-13)23-20(28)26-11-10-17-18(12-26)29-21-24-19(25-27(17)21)14-4-6-15(22)7-5-14/h2-9H,10-12H2,1H3,(H,23,28). The Balaban J connectivity index is 1.35. The van der Waals surface area contributed by atoms with E-state index in [1.807, 2.05) is 64.9 Å². The fraction of sp³-hybridized carbons (Fsp3) is 0.190. The Kier molecular flexibility index (Phi) is 4.49. The first-order chi connectivity index (χ1) is 14.1. The van der Waals surface area contributed by atoms with Crippen LogP contribution in [0, 0.1) is 6.92 Å². The molecule has 3 heterocycles. The normalized spacial score (nSPS) is 13.5. The van der Waals surface area contributed by atoms with Gasteiger partial charge in [-0.3, -0.25) is 0 Å². The first-order valence-corrected chi connectivity index (χ1v) is 10.5. The highest BCUT2D eigenvalue weighted by atomic mass is 35.5. The van der Waals surface area contributed by atoms with Gasteiger partial charge in [-0.2, -0.15) is 4.98 Å². The molecular weight excluding hydrogens is 406 g/mol. The third-order valence-corrected chi connectivity index (χ3v) is 6.32. The van der Waals surface area contributed by atoms with Crippen LogP contribution in [-0.4, -0.2) is 32.1 Å². The lowest BCUT2D eigenvalue weighted by Gasteiger charge is -2.26. The van der Waals surface area contributed by atoms with E-state index in [2.05, 4.69) is 15.4 Å². The number of aromatic nitrogens is 3. The third-order valence-electron chi connectivity index (χ3n) is 5.01. The molecule has 0 fully saturated rings. The van der Waals surface area contributed by atoms with Crippen molar-refractivity contribution in [2.45, 2.75) is 19.9 Å². The van der Waals surface area contributed by atoms with Gasteiger partial charge in [-0.15, -0.1) is 5.10 Å². The highest BCUT2D eigenvalue weighted by Crippen LogP contribution is 2.30. The molecule has 0 saturated heterocycles. The first kappa shape index (κ1) is 18.1. The first-order valence-electron chi connectivity index (χ1n) is 9.33. The van der Waals surface area contributed by atoms with Crippen molar-refractivity contribution in [3.05, 3.63) is 69.7 Å². The van der Waals surface area contributed by atoms with Gasteiger partial charge in [0.2, 0.25) is 4.96 Å². The number of nitrogens with one attached hydrogen (secondary N) is 1. The summed E-state index contributed by atoms with van der Waals surface area (Å²) in [6.07, 6.45) is 0.750. The Hall–Kier alpha value is -2.90. The smallest absolute Gasteiger partial charge is 0.319 e. The Morgan fingerprint density at radius 1 is 1.14 bits per heavy atom. The lowest BCUT2D eigenvalue weighted by atomic mass is 10.2. The topological polar surface area (TPSA) is 62.5 Å². The van der Waals surface area contributed by atoms with Crippen molar-refractivity contribution >= 4 is 39.6 Å². The minimum atomic E-state index is -0.0830. The van der Waals surface area contributed by atoms with Crippen LogP contribution in [0.3, 0.4) is 0 Å². The van der Waals surface area contributed by atoms with Crippen molar-refractivity contribution in [3.8, 4) is 11.4 Å². The molecule has 0 radical (unpaired) electrons. The molecule has 0 aliphatic carbocycles. The second-order valence-electron chi connectivity index (χ2n) is 7.08. The zero-order valence-electron chi connectivity index (χ0n) is 15.7. The highest BCUT2D eigenvalue weighted by molar-refractivity contribution is 7.17. The molecule has 6 nitrogen and oxygen atoms in total. The maximum absolute atomic E-state index is 12.7. The molecule has 2 aromatic heterocycles. The van der Waals surface area contributed by atoms with Crippen LogP contribution in [0.4, 0.5) is 10.5 Å². The van der Waals surface area contributed by atoms with Crippen molar-refractivity contribution in [2.75, 3.05) is 11.9 Å². The zero-order valence-corrected chi connectivity index (χ0v) is 17.3. The van der Waals surface area contributed by atoms with Gasteiger partial charge in [-0.25, -0.2) is 9.31 Å². The molecule has 0 saturated carbocycles. The largest absolute Gasteiger partial charge is 0.322 e. The number of anilines is 1. The molecule has 5 rings (SSSR count). The molecule has 2 aromatic carbocycles. The minimum Gasteiger partial charge on any atom is -0.319 e. The van der Waals surface area contributed by atoms with Gasteiger partial charge >= 0.3 is 6.03 Å². The quantitative estimate of drug-likeness (QED) is 0.493. The molecule has 0 atom stereocenters. The van der Waals surface area contributed by atoms with Gasteiger partial charge in [-0.05, 0) is 43.3 Å². The van der Waals surface area contributed by atoms with E-state index in [0.717, 1.165) is 38.8 Å². The summed E-state index contributed by atoms with van der Waals surface area (Å²) in [4.78, 5) is 21.1. The van der Waals surface area contributed by atoms with E-state index in [1.54, 1.807) is 11.3 Å². The van der Waals surface area contributed by atoms with Gasteiger partial charge in [0.15, 0.2) is 5.82 Å².